The number of nitrogens with one attached hydrogen (secondary N) is 3. The number of pyridine rings is 1. The zero-order valence-electron chi connectivity index (χ0n) is 19.8. The minimum atomic E-state index is -0.320. The van der Waals surface area contributed by atoms with E-state index < -0.39 is 0 Å². The largest absolute Gasteiger partial charge is 0.349 e. The molecule has 1 aliphatic rings. The summed E-state index contributed by atoms with van der Waals surface area (Å²) >= 11 is 0. The topological polar surface area (TPSA) is 125 Å². The molecule has 35 heavy (non-hydrogen) atoms. The number of hydrazone groups is 1. The second-order valence-corrected chi connectivity index (χ2v) is 8.50. The van der Waals surface area contributed by atoms with Gasteiger partial charge in [-0.25, -0.2) is 15.9 Å². The van der Waals surface area contributed by atoms with E-state index in [-0.39, 0.29) is 23.6 Å². The zero-order chi connectivity index (χ0) is 24.6. The van der Waals surface area contributed by atoms with Gasteiger partial charge >= 0.3 is 0 Å². The first-order chi connectivity index (χ1) is 17.1. The van der Waals surface area contributed by atoms with E-state index in [0.29, 0.717) is 24.3 Å². The first-order valence-corrected chi connectivity index (χ1v) is 11.9. The number of fused-ring (bicyclic) bond motifs is 1. The van der Waals surface area contributed by atoms with Crippen LogP contribution in [0.1, 0.15) is 52.6 Å². The van der Waals surface area contributed by atoms with E-state index in [2.05, 4.69) is 26.0 Å². The summed E-state index contributed by atoms with van der Waals surface area (Å²) in [4.78, 5) is 30.4. The molecule has 2 amide bonds. The summed E-state index contributed by atoms with van der Waals surface area (Å²) in [7, 11) is 0. The van der Waals surface area contributed by atoms with Crippen molar-refractivity contribution in [3.63, 3.8) is 0 Å². The maximum atomic E-state index is 13.3. The van der Waals surface area contributed by atoms with Crippen LogP contribution in [0.4, 0.5) is 5.69 Å². The number of nitrogens with two attached hydrogens (primary N) is 1. The number of hydrogen-bond acceptors (Lipinski definition) is 7. The first kappa shape index (κ1) is 24.3. The van der Waals surface area contributed by atoms with Gasteiger partial charge in [-0.1, -0.05) is 36.8 Å². The van der Waals surface area contributed by atoms with Gasteiger partial charge in [0.05, 0.1) is 12.2 Å². The molecule has 1 aromatic heterocycles. The van der Waals surface area contributed by atoms with E-state index in [1.54, 1.807) is 37.5 Å². The maximum Gasteiger partial charge on any atom is 0.272 e. The Hall–Kier alpha value is -3.82. The summed E-state index contributed by atoms with van der Waals surface area (Å²) in [6, 6.07) is 14.9. The van der Waals surface area contributed by atoms with Gasteiger partial charge in [0, 0.05) is 30.6 Å². The molecule has 1 saturated heterocycles. The number of hydrazine groups is 1. The molecular formula is C26H31N7O2. The Morgan fingerprint density at radius 1 is 1.14 bits per heavy atom. The van der Waals surface area contributed by atoms with Crippen LogP contribution in [0, 0.1) is 0 Å². The van der Waals surface area contributed by atoms with Crippen LogP contribution < -0.4 is 21.8 Å². The summed E-state index contributed by atoms with van der Waals surface area (Å²) in [5.41, 5.74) is 2.00. The predicted molar refractivity (Wildman–Crippen MR) is 138 cm³/mol. The number of hydrogen-bond donors (Lipinski definition) is 4. The molecule has 0 radical (unpaired) electrons. The Morgan fingerprint density at radius 2 is 1.97 bits per heavy atom. The van der Waals surface area contributed by atoms with Crippen molar-refractivity contribution in [3.05, 3.63) is 71.5 Å². The van der Waals surface area contributed by atoms with Gasteiger partial charge in [-0.3, -0.25) is 9.59 Å². The Kier molecular flexibility index (Phi) is 8.02. The minimum absolute atomic E-state index is 0.189. The van der Waals surface area contributed by atoms with Crippen LogP contribution >= 0.6 is 0 Å². The average molecular weight is 474 g/mol. The summed E-state index contributed by atoms with van der Waals surface area (Å²) in [5, 5.41) is 16.4. The summed E-state index contributed by atoms with van der Waals surface area (Å²) in [5.74, 6) is 5.30. The fourth-order valence-corrected chi connectivity index (χ4v) is 4.34. The Balaban J connectivity index is 1.53. The van der Waals surface area contributed by atoms with Crippen LogP contribution in [-0.4, -0.2) is 47.3 Å². The van der Waals surface area contributed by atoms with E-state index in [1.165, 1.54) is 5.12 Å². The van der Waals surface area contributed by atoms with Crippen molar-refractivity contribution in [1.82, 2.24) is 20.7 Å². The number of carbonyl (C=O) groups is 2. The summed E-state index contributed by atoms with van der Waals surface area (Å²) < 4.78 is 0. The Labute approximate surface area is 204 Å². The standard InChI is InChI=1S/C26H31N7O2/c1-2-31-33(27)17-18-12-13-22(21-10-4-3-9-20(18)21)25(34)32-23-11-7-15-29-24(23)26(35)30-16-19-8-5-6-14-28-19/h2-4,7,9-13,15,19,28H,5-6,8,14,16-17,27H2,1H3,(H,30,35)(H,32,34)/b31-2-. The van der Waals surface area contributed by atoms with Crippen LogP contribution in [0.2, 0.25) is 0 Å². The van der Waals surface area contributed by atoms with Gasteiger partial charge in [-0.05, 0) is 60.8 Å². The molecule has 9 heteroatoms. The van der Waals surface area contributed by atoms with Crippen LogP contribution in [-0.2, 0) is 6.54 Å². The van der Waals surface area contributed by atoms with Crippen molar-refractivity contribution in [2.75, 3.05) is 18.4 Å². The number of anilines is 1. The van der Waals surface area contributed by atoms with Crippen LogP contribution in [0.5, 0.6) is 0 Å². The summed E-state index contributed by atoms with van der Waals surface area (Å²) in [6.07, 6.45) is 6.51. The quantitative estimate of drug-likeness (QED) is 0.226. The fourth-order valence-electron chi connectivity index (χ4n) is 4.34. The smallest absolute Gasteiger partial charge is 0.272 e. The number of benzene rings is 2. The highest BCUT2D eigenvalue weighted by atomic mass is 16.2. The van der Waals surface area contributed by atoms with Gasteiger partial charge in [0.2, 0.25) is 0 Å². The highest BCUT2D eigenvalue weighted by Crippen LogP contribution is 2.25. The third-order valence-electron chi connectivity index (χ3n) is 6.05. The predicted octanol–water partition coefficient (Wildman–Crippen LogP) is 3.04. The normalized spacial score (nSPS) is 15.8. The maximum absolute atomic E-state index is 13.3. The molecule has 1 unspecified atom stereocenters. The third kappa shape index (κ3) is 6.00. The summed E-state index contributed by atoms with van der Waals surface area (Å²) in [6.45, 7) is 3.68. The Bertz CT molecular complexity index is 1220. The van der Waals surface area contributed by atoms with Crippen molar-refractivity contribution in [2.45, 2.75) is 38.8 Å². The second-order valence-electron chi connectivity index (χ2n) is 8.50. The van der Waals surface area contributed by atoms with Crippen molar-refractivity contribution < 1.29 is 9.59 Å². The Morgan fingerprint density at radius 3 is 2.74 bits per heavy atom. The van der Waals surface area contributed by atoms with E-state index in [0.717, 1.165) is 42.1 Å². The lowest BCUT2D eigenvalue weighted by molar-refractivity contribution is 0.0943. The number of rotatable bonds is 8. The average Bonchev–Trinajstić information content (AvgIpc) is 2.88. The van der Waals surface area contributed by atoms with Crippen LogP contribution in [0.15, 0.2) is 59.8 Å². The van der Waals surface area contributed by atoms with Gasteiger partial charge < -0.3 is 16.0 Å². The van der Waals surface area contributed by atoms with Gasteiger partial charge in [0.15, 0.2) is 5.69 Å². The molecule has 0 spiro atoms. The molecule has 2 heterocycles. The molecule has 3 aromatic rings. The van der Waals surface area contributed by atoms with Crippen molar-refractivity contribution in [3.8, 4) is 0 Å². The lowest BCUT2D eigenvalue weighted by atomic mass is 9.99. The van der Waals surface area contributed by atoms with E-state index in [4.69, 9.17) is 5.84 Å². The highest BCUT2D eigenvalue weighted by Gasteiger charge is 2.19. The first-order valence-electron chi connectivity index (χ1n) is 11.9. The molecule has 1 fully saturated rings. The lowest BCUT2D eigenvalue weighted by Crippen LogP contribution is -2.43. The number of aromatic nitrogens is 1. The fraction of sp³-hybridized carbons (Fsp3) is 0.308. The SMILES string of the molecule is C/C=N\N(N)Cc1ccc(C(=O)Nc2cccnc2C(=O)NCC2CCCCN2)c2ccccc12. The minimum Gasteiger partial charge on any atom is -0.349 e. The molecule has 182 valence electrons. The number of piperidine rings is 1. The van der Waals surface area contributed by atoms with Crippen LogP contribution in [0.3, 0.4) is 0 Å². The molecule has 1 aliphatic heterocycles. The van der Waals surface area contributed by atoms with Gasteiger partial charge in [0.1, 0.15) is 0 Å². The third-order valence-corrected chi connectivity index (χ3v) is 6.05. The number of amides is 2. The molecule has 2 aromatic carbocycles. The van der Waals surface area contributed by atoms with Crippen molar-refractivity contribution in [1.29, 1.82) is 0 Å². The lowest BCUT2D eigenvalue weighted by Gasteiger charge is -2.23. The van der Waals surface area contributed by atoms with Crippen molar-refractivity contribution >= 4 is 34.5 Å². The van der Waals surface area contributed by atoms with Gasteiger partial charge in [0.25, 0.3) is 11.8 Å². The highest BCUT2D eigenvalue weighted by molar-refractivity contribution is 6.15. The van der Waals surface area contributed by atoms with Crippen molar-refractivity contribution in [2.24, 2.45) is 10.9 Å². The van der Waals surface area contributed by atoms with Gasteiger partial charge in [-0.2, -0.15) is 5.10 Å². The molecule has 1 atom stereocenters. The van der Waals surface area contributed by atoms with E-state index in [1.807, 2.05) is 30.3 Å². The molecule has 4 rings (SSSR count). The van der Waals surface area contributed by atoms with Gasteiger partial charge in [-0.15, -0.1) is 0 Å². The molecule has 0 aliphatic carbocycles. The number of carbonyl (C=O) groups excluding carboxylic acids is 2. The molecule has 0 bridgehead atoms. The van der Waals surface area contributed by atoms with E-state index in [9.17, 15) is 9.59 Å². The zero-order valence-corrected chi connectivity index (χ0v) is 19.8. The number of nitrogens with zero attached hydrogens (tertiary/aromatic N) is 3. The molecule has 5 N–H and O–H groups in total. The second kappa shape index (κ2) is 11.5. The monoisotopic (exact) mass is 473 g/mol. The van der Waals surface area contributed by atoms with Crippen LogP contribution in [0.25, 0.3) is 10.8 Å². The molecule has 0 saturated carbocycles. The molecule has 9 nitrogen and oxygen atoms in total. The molecular weight excluding hydrogens is 442 g/mol. The van der Waals surface area contributed by atoms with E-state index >= 15 is 0 Å².